The molecule has 0 N–H and O–H groups in total. The van der Waals surface area contributed by atoms with Gasteiger partial charge in [0.2, 0.25) is 0 Å². The van der Waals surface area contributed by atoms with Crippen LogP contribution in [0.25, 0.3) is 0 Å². The zero-order valence-electron chi connectivity index (χ0n) is 11.8. The number of hydrogen-bond acceptors (Lipinski definition) is 5. The maximum Gasteiger partial charge on any atom is 0.288 e. The Morgan fingerprint density at radius 1 is 1.14 bits per heavy atom. The fourth-order valence-electron chi connectivity index (χ4n) is 2.19. The van der Waals surface area contributed by atoms with E-state index in [1.807, 2.05) is 12.1 Å². The van der Waals surface area contributed by atoms with Gasteiger partial charge < -0.3 is 4.74 Å². The Bertz CT molecular complexity index is 807. The van der Waals surface area contributed by atoms with E-state index in [0.717, 1.165) is 4.47 Å². The molecular formula is C15H14BrNO4S. The van der Waals surface area contributed by atoms with E-state index in [1.165, 1.54) is 5.06 Å². The summed E-state index contributed by atoms with van der Waals surface area (Å²) in [6, 6.07) is 12.5. The van der Waals surface area contributed by atoms with E-state index in [4.69, 9.17) is 9.02 Å². The second kappa shape index (κ2) is 5.91. The predicted molar refractivity (Wildman–Crippen MR) is 88.0 cm³/mol. The summed E-state index contributed by atoms with van der Waals surface area (Å²) < 4.78 is 36.1. The lowest BCUT2D eigenvalue weighted by Crippen LogP contribution is -2.26. The van der Waals surface area contributed by atoms with Crippen LogP contribution in [0, 0.1) is 0 Å². The van der Waals surface area contributed by atoms with Crippen molar-refractivity contribution >= 4 is 37.4 Å². The summed E-state index contributed by atoms with van der Waals surface area (Å²) in [6.07, 6.45) is 0.486. The van der Waals surface area contributed by atoms with Crippen molar-refractivity contribution in [3.05, 3.63) is 46.9 Å². The summed E-state index contributed by atoms with van der Waals surface area (Å²) in [5, 5.41) is 1.31. The molecule has 0 atom stereocenters. The monoisotopic (exact) mass is 383 g/mol. The minimum absolute atomic E-state index is 0.0458. The standard InChI is InChI=1S/C15H14BrNO4S/c1-2-10-22(18,19)21-17-12-7-3-4-9-14(12)20-15-11(16)6-5-8-13(15)17/h3-9H,2,10H2,1H3. The molecule has 0 amide bonds. The highest BCUT2D eigenvalue weighted by Gasteiger charge is 2.30. The van der Waals surface area contributed by atoms with Gasteiger partial charge in [0.25, 0.3) is 10.1 Å². The summed E-state index contributed by atoms with van der Waals surface area (Å²) in [6.45, 7) is 1.79. The molecule has 0 spiro atoms. The molecule has 0 aliphatic carbocycles. The Morgan fingerprint density at radius 3 is 2.64 bits per heavy atom. The van der Waals surface area contributed by atoms with Crippen LogP contribution >= 0.6 is 15.9 Å². The highest BCUT2D eigenvalue weighted by atomic mass is 79.9. The Morgan fingerprint density at radius 2 is 1.86 bits per heavy atom. The molecule has 0 saturated heterocycles. The maximum atomic E-state index is 12.1. The lowest BCUT2D eigenvalue weighted by Gasteiger charge is -2.31. The SMILES string of the molecule is CCCS(=O)(=O)ON1c2ccccc2Oc2c(Br)cccc21. The van der Waals surface area contributed by atoms with Gasteiger partial charge in [-0.15, -0.1) is 4.28 Å². The number of halogens is 1. The summed E-state index contributed by atoms with van der Waals surface area (Å²) in [5.74, 6) is 1.01. The maximum absolute atomic E-state index is 12.1. The smallest absolute Gasteiger partial charge is 0.288 e. The van der Waals surface area contributed by atoms with E-state index in [1.54, 1.807) is 37.3 Å². The Labute approximate surface area is 137 Å². The quantitative estimate of drug-likeness (QED) is 0.784. The molecule has 5 nitrogen and oxygen atoms in total. The predicted octanol–water partition coefficient (Wildman–Crippen LogP) is 4.36. The second-order valence-corrected chi connectivity index (χ2v) is 7.32. The number of fused-ring (bicyclic) bond motifs is 2. The first-order valence-electron chi connectivity index (χ1n) is 6.79. The molecule has 7 heteroatoms. The van der Waals surface area contributed by atoms with E-state index in [2.05, 4.69) is 15.9 Å². The van der Waals surface area contributed by atoms with Crippen molar-refractivity contribution in [1.29, 1.82) is 0 Å². The van der Waals surface area contributed by atoms with Crippen LogP contribution in [0.5, 0.6) is 11.5 Å². The van der Waals surface area contributed by atoms with Crippen molar-refractivity contribution in [3.63, 3.8) is 0 Å². The minimum atomic E-state index is -3.67. The number of hydrogen-bond donors (Lipinski definition) is 0. The number of rotatable bonds is 4. The highest BCUT2D eigenvalue weighted by Crippen LogP contribution is 2.49. The summed E-state index contributed by atoms with van der Waals surface area (Å²) >= 11 is 3.42. The van der Waals surface area contributed by atoms with Crippen LogP contribution in [-0.2, 0) is 14.4 Å². The van der Waals surface area contributed by atoms with E-state index >= 15 is 0 Å². The molecule has 0 saturated carbocycles. The molecule has 116 valence electrons. The minimum Gasteiger partial charge on any atom is -0.452 e. The highest BCUT2D eigenvalue weighted by molar-refractivity contribution is 9.10. The van der Waals surface area contributed by atoms with Crippen LogP contribution < -0.4 is 9.80 Å². The van der Waals surface area contributed by atoms with Gasteiger partial charge in [-0.25, -0.2) is 0 Å². The molecule has 1 heterocycles. The average Bonchev–Trinajstić information content (AvgIpc) is 2.48. The van der Waals surface area contributed by atoms with E-state index in [-0.39, 0.29) is 5.75 Å². The average molecular weight is 384 g/mol. The first-order chi connectivity index (χ1) is 10.5. The van der Waals surface area contributed by atoms with Gasteiger partial charge in [0.05, 0.1) is 10.2 Å². The molecule has 1 aliphatic heterocycles. The van der Waals surface area contributed by atoms with Crippen LogP contribution in [0.4, 0.5) is 11.4 Å². The van der Waals surface area contributed by atoms with Crippen LogP contribution in [0.15, 0.2) is 46.9 Å². The number of nitrogens with zero attached hydrogens (tertiary/aromatic N) is 1. The molecular weight excluding hydrogens is 370 g/mol. The van der Waals surface area contributed by atoms with Crippen LogP contribution in [-0.4, -0.2) is 14.2 Å². The molecule has 0 radical (unpaired) electrons. The van der Waals surface area contributed by atoms with E-state index in [0.29, 0.717) is 29.3 Å². The van der Waals surface area contributed by atoms with Gasteiger partial charge in [0.15, 0.2) is 11.5 Å². The fourth-order valence-corrected chi connectivity index (χ4v) is 3.59. The molecule has 0 aromatic heterocycles. The van der Waals surface area contributed by atoms with Crippen LogP contribution in [0.3, 0.4) is 0 Å². The lowest BCUT2D eigenvalue weighted by molar-refractivity contribution is 0.308. The third kappa shape index (κ3) is 2.84. The van der Waals surface area contributed by atoms with Crippen LogP contribution in [0.1, 0.15) is 13.3 Å². The second-order valence-electron chi connectivity index (χ2n) is 4.79. The number of benzene rings is 2. The van der Waals surface area contributed by atoms with Gasteiger partial charge in [-0.1, -0.05) is 25.1 Å². The molecule has 2 aromatic carbocycles. The molecule has 0 bridgehead atoms. The molecule has 2 aromatic rings. The lowest BCUT2D eigenvalue weighted by atomic mass is 10.2. The molecule has 1 aliphatic rings. The van der Waals surface area contributed by atoms with Gasteiger partial charge in [-0.05, 0) is 46.6 Å². The number of anilines is 2. The number of para-hydroxylation sites is 3. The van der Waals surface area contributed by atoms with Crippen molar-refractivity contribution in [2.45, 2.75) is 13.3 Å². The molecule has 22 heavy (non-hydrogen) atoms. The molecule has 0 unspecified atom stereocenters. The largest absolute Gasteiger partial charge is 0.452 e. The van der Waals surface area contributed by atoms with Crippen molar-refractivity contribution in [3.8, 4) is 11.5 Å². The first-order valence-corrected chi connectivity index (χ1v) is 9.16. The zero-order valence-corrected chi connectivity index (χ0v) is 14.2. The van der Waals surface area contributed by atoms with Gasteiger partial charge >= 0.3 is 0 Å². The zero-order chi connectivity index (χ0) is 15.7. The first kappa shape index (κ1) is 15.3. The van der Waals surface area contributed by atoms with Gasteiger partial charge in [-0.2, -0.15) is 13.5 Å². The summed E-state index contributed by atoms with van der Waals surface area (Å²) in [5.41, 5.74) is 1.08. The van der Waals surface area contributed by atoms with Crippen molar-refractivity contribution in [1.82, 2.24) is 0 Å². The third-order valence-electron chi connectivity index (χ3n) is 3.10. The topological polar surface area (TPSA) is 55.8 Å². The Hall–Kier alpha value is -1.57. The van der Waals surface area contributed by atoms with E-state index in [9.17, 15) is 8.42 Å². The van der Waals surface area contributed by atoms with Gasteiger partial charge in [0.1, 0.15) is 11.4 Å². The third-order valence-corrected chi connectivity index (χ3v) is 5.01. The van der Waals surface area contributed by atoms with Crippen LogP contribution in [0.2, 0.25) is 0 Å². The van der Waals surface area contributed by atoms with Gasteiger partial charge in [0, 0.05) is 0 Å². The van der Waals surface area contributed by atoms with Crippen molar-refractivity contribution in [2.75, 3.05) is 10.8 Å². The molecule has 3 rings (SSSR count). The summed E-state index contributed by atoms with van der Waals surface area (Å²) in [4.78, 5) is 0. The van der Waals surface area contributed by atoms with Crippen molar-refractivity contribution < 1.29 is 17.4 Å². The summed E-state index contributed by atoms with van der Waals surface area (Å²) in [7, 11) is -3.67. The normalized spacial score (nSPS) is 13.3. The van der Waals surface area contributed by atoms with E-state index < -0.39 is 10.1 Å². The Kier molecular flexibility index (Phi) is 4.12. The molecule has 0 fully saturated rings. The van der Waals surface area contributed by atoms with Crippen molar-refractivity contribution in [2.24, 2.45) is 0 Å². The Balaban J connectivity index is 2.11. The fraction of sp³-hybridized carbons (Fsp3) is 0.200. The number of ether oxygens (including phenoxy) is 1. The van der Waals surface area contributed by atoms with Gasteiger partial charge in [-0.3, -0.25) is 0 Å².